The smallest absolute Gasteiger partial charge is 0.336 e. The molecule has 0 aliphatic rings. The highest BCUT2D eigenvalue weighted by molar-refractivity contribution is 6.31. The number of rotatable bonds is 5. The summed E-state index contributed by atoms with van der Waals surface area (Å²) in [5.41, 5.74) is 0.440. The lowest BCUT2D eigenvalue weighted by molar-refractivity contribution is -0.137. The van der Waals surface area contributed by atoms with Crippen LogP contribution in [0.4, 0.5) is 18.9 Å². The van der Waals surface area contributed by atoms with Crippen LogP contribution in [0.1, 0.15) is 47.1 Å². The van der Waals surface area contributed by atoms with Gasteiger partial charge in [-0.2, -0.15) is 13.2 Å². The first-order valence-corrected chi connectivity index (χ1v) is 9.95. The van der Waals surface area contributed by atoms with Gasteiger partial charge < -0.3 is 14.7 Å². The van der Waals surface area contributed by atoms with Gasteiger partial charge in [0.15, 0.2) is 0 Å². The standard InChI is InChI=1S/C21H20ClF3N4O3/c1-10(2)16-8-13(18-11(3)28-32-19(18)27-16)20(31)29(4)9-17(30)26-12-5-6-15(22)14(7-12)21(23,24)25/h5-8,10H,9H2,1-4H3,(H,26,30). The van der Waals surface area contributed by atoms with Crippen LogP contribution >= 0.6 is 11.6 Å². The van der Waals surface area contributed by atoms with Crippen LogP contribution in [0.25, 0.3) is 11.1 Å². The fraction of sp³-hybridized carbons (Fsp3) is 0.333. The summed E-state index contributed by atoms with van der Waals surface area (Å²) in [7, 11) is 1.41. The summed E-state index contributed by atoms with van der Waals surface area (Å²) in [6, 6.07) is 4.66. The Morgan fingerprint density at radius 1 is 1.25 bits per heavy atom. The van der Waals surface area contributed by atoms with Crippen LogP contribution in [0.5, 0.6) is 0 Å². The quantitative estimate of drug-likeness (QED) is 0.567. The number of pyridine rings is 1. The Labute approximate surface area is 186 Å². The third-order valence-electron chi connectivity index (χ3n) is 4.74. The minimum Gasteiger partial charge on any atom is -0.336 e. The third kappa shape index (κ3) is 4.85. The highest BCUT2D eigenvalue weighted by atomic mass is 35.5. The van der Waals surface area contributed by atoms with Gasteiger partial charge in [-0.05, 0) is 37.1 Å². The van der Waals surface area contributed by atoms with Crippen LogP contribution in [0.2, 0.25) is 5.02 Å². The summed E-state index contributed by atoms with van der Waals surface area (Å²) in [6.45, 7) is 5.09. The van der Waals surface area contributed by atoms with Crippen molar-refractivity contribution >= 4 is 40.2 Å². The van der Waals surface area contributed by atoms with E-state index in [9.17, 15) is 22.8 Å². The molecule has 0 bridgehead atoms. The van der Waals surface area contributed by atoms with E-state index in [2.05, 4.69) is 15.5 Å². The average Bonchev–Trinajstić information content (AvgIpc) is 3.08. The maximum absolute atomic E-state index is 13.1. The molecule has 1 N–H and O–H groups in total. The van der Waals surface area contributed by atoms with Gasteiger partial charge in [0, 0.05) is 18.4 Å². The predicted molar refractivity (Wildman–Crippen MR) is 113 cm³/mol. The second kappa shape index (κ2) is 8.78. The molecule has 0 saturated heterocycles. The zero-order chi connectivity index (χ0) is 23.8. The molecule has 2 heterocycles. The maximum Gasteiger partial charge on any atom is 0.417 e. The molecular weight excluding hydrogens is 449 g/mol. The summed E-state index contributed by atoms with van der Waals surface area (Å²) < 4.78 is 44.3. The molecule has 170 valence electrons. The van der Waals surface area contributed by atoms with E-state index in [0.29, 0.717) is 16.8 Å². The third-order valence-corrected chi connectivity index (χ3v) is 5.07. The van der Waals surface area contributed by atoms with E-state index in [1.807, 2.05) is 13.8 Å². The Hall–Kier alpha value is -3.14. The first-order valence-electron chi connectivity index (χ1n) is 9.57. The van der Waals surface area contributed by atoms with E-state index < -0.39 is 35.1 Å². The number of amides is 2. The number of nitrogens with zero attached hydrogens (tertiary/aromatic N) is 3. The lowest BCUT2D eigenvalue weighted by Crippen LogP contribution is -2.35. The van der Waals surface area contributed by atoms with Crippen LogP contribution < -0.4 is 5.32 Å². The highest BCUT2D eigenvalue weighted by Gasteiger charge is 2.33. The predicted octanol–water partition coefficient (Wildman–Crippen LogP) is 5.04. The molecule has 0 saturated carbocycles. The minimum atomic E-state index is -4.66. The largest absolute Gasteiger partial charge is 0.417 e. The lowest BCUT2D eigenvalue weighted by atomic mass is 10.0. The molecule has 2 aromatic heterocycles. The van der Waals surface area contributed by atoms with Crippen molar-refractivity contribution < 1.29 is 27.3 Å². The van der Waals surface area contributed by atoms with E-state index in [-0.39, 0.29) is 22.9 Å². The number of halogens is 4. The van der Waals surface area contributed by atoms with Gasteiger partial charge in [0.25, 0.3) is 11.6 Å². The Kier molecular flexibility index (Phi) is 6.45. The highest BCUT2D eigenvalue weighted by Crippen LogP contribution is 2.36. The molecule has 11 heteroatoms. The molecular formula is C21H20ClF3N4O3. The van der Waals surface area contributed by atoms with Crippen molar-refractivity contribution in [3.8, 4) is 0 Å². The number of hydrogen-bond acceptors (Lipinski definition) is 5. The number of anilines is 1. The second-order valence-corrected chi connectivity index (χ2v) is 8.01. The molecule has 3 rings (SSSR count). The number of aromatic nitrogens is 2. The number of carbonyl (C=O) groups excluding carboxylic acids is 2. The number of benzene rings is 1. The summed E-state index contributed by atoms with van der Waals surface area (Å²) in [4.78, 5) is 31.0. The second-order valence-electron chi connectivity index (χ2n) is 7.60. The molecule has 3 aromatic rings. The molecule has 7 nitrogen and oxygen atoms in total. The molecule has 0 aliphatic heterocycles. The SMILES string of the molecule is Cc1noc2nc(C(C)C)cc(C(=O)N(C)CC(=O)Nc3ccc(Cl)c(C(F)(F)F)c3)c12. The van der Waals surface area contributed by atoms with E-state index in [1.165, 1.54) is 13.1 Å². The van der Waals surface area contributed by atoms with E-state index in [4.69, 9.17) is 16.1 Å². The molecule has 32 heavy (non-hydrogen) atoms. The van der Waals surface area contributed by atoms with Crippen LogP contribution in [0, 0.1) is 6.92 Å². The van der Waals surface area contributed by atoms with Gasteiger partial charge in [-0.25, -0.2) is 4.98 Å². The summed E-state index contributed by atoms with van der Waals surface area (Å²) in [5.74, 6) is -1.14. The van der Waals surface area contributed by atoms with Crippen molar-refractivity contribution in [3.63, 3.8) is 0 Å². The first-order chi connectivity index (χ1) is 14.9. The average molecular weight is 469 g/mol. The number of alkyl halides is 3. The van der Waals surface area contributed by atoms with Crippen molar-refractivity contribution in [2.45, 2.75) is 32.9 Å². The lowest BCUT2D eigenvalue weighted by Gasteiger charge is -2.18. The Morgan fingerprint density at radius 2 is 1.94 bits per heavy atom. The summed E-state index contributed by atoms with van der Waals surface area (Å²) in [6.07, 6.45) is -4.66. The normalized spacial score (nSPS) is 11.8. The van der Waals surface area contributed by atoms with Crippen LogP contribution in [-0.2, 0) is 11.0 Å². The van der Waals surface area contributed by atoms with E-state index >= 15 is 0 Å². The Morgan fingerprint density at radius 3 is 2.56 bits per heavy atom. The molecule has 0 atom stereocenters. The van der Waals surface area contributed by atoms with Gasteiger partial charge >= 0.3 is 6.18 Å². The van der Waals surface area contributed by atoms with Gasteiger partial charge in [-0.15, -0.1) is 0 Å². The molecule has 2 amide bonds. The zero-order valence-corrected chi connectivity index (χ0v) is 18.4. The van der Waals surface area contributed by atoms with Gasteiger partial charge in [-0.1, -0.05) is 30.6 Å². The topological polar surface area (TPSA) is 88.3 Å². The minimum absolute atomic E-state index is 0.0118. The molecule has 0 aliphatic carbocycles. The Bertz CT molecular complexity index is 1190. The van der Waals surface area contributed by atoms with Crippen molar-refractivity contribution in [1.29, 1.82) is 0 Å². The van der Waals surface area contributed by atoms with Crippen molar-refractivity contribution in [1.82, 2.24) is 15.0 Å². The number of fused-ring (bicyclic) bond motifs is 1. The van der Waals surface area contributed by atoms with Crippen molar-refractivity contribution in [2.75, 3.05) is 18.9 Å². The van der Waals surface area contributed by atoms with Gasteiger partial charge in [0.1, 0.15) is 0 Å². The van der Waals surface area contributed by atoms with Crippen LogP contribution in [0.3, 0.4) is 0 Å². The fourth-order valence-corrected chi connectivity index (χ4v) is 3.32. The number of carbonyl (C=O) groups is 2. The van der Waals surface area contributed by atoms with Gasteiger partial charge in [0.2, 0.25) is 5.91 Å². The number of hydrogen-bond donors (Lipinski definition) is 1. The zero-order valence-electron chi connectivity index (χ0n) is 17.7. The molecule has 0 unspecified atom stereocenters. The maximum atomic E-state index is 13.1. The molecule has 0 fully saturated rings. The molecule has 0 radical (unpaired) electrons. The van der Waals surface area contributed by atoms with E-state index in [1.54, 1.807) is 13.0 Å². The van der Waals surface area contributed by atoms with Gasteiger partial charge in [-0.3, -0.25) is 9.59 Å². The summed E-state index contributed by atoms with van der Waals surface area (Å²) in [5, 5.41) is 6.18. The molecule has 1 aromatic carbocycles. The van der Waals surface area contributed by atoms with Crippen LogP contribution in [-0.4, -0.2) is 40.4 Å². The number of aryl methyl sites for hydroxylation is 1. The van der Waals surface area contributed by atoms with Crippen molar-refractivity contribution in [3.05, 3.63) is 51.8 Å². The van der Waals surface area contributed by atoms with Gasteiger partial charge in [0.05, 0.1) is 33.8 Å². The number of likely N-dealkylation sites (N-methyl/N-ethyl adjacent to an activating group) is 1. The molecule has 0 spiro atoms. The number of nitrogens with one attached hydrogen (secondary N) is 1. The monoisotopic (exact) mass is 468 g/mol. The first kappa shape index (κ1) is 23.5. The Balaban J connectivity index is 1.81. The van der Waals surface area contributed by atoms with E-state index in [0.717, 1.165) is 17.0 Å². The van der Waals surface area contributed by atoms with Crippen LogP contribution in [0.15, 0.2) is 28.8 Å². The summed E-state index contributed by atoms with van der Waals surface area (Å²) >= 11 is 5.59. The van der Waals surface area contributed by atoms with Crippen molar-refractivity contribution in [2.24, 2.45) is 0 Å². The fourth-order valence-electron chi connectivity index (χ4n) is 3.09.